The highest BCUT2D eigenvalue weighted by atomic mass is 16.5. The van der Waals surface area contributed by atoms with Crippen molar-refractivity contribution >= 4 is 5.97 Å². The van der Waals surface area contributed by atoms with Crippen LogP contribution in [0, 0.1) is 0 Å². The van der Waals surface area contributed by atoms with E-state index < -0.39 is 0 Å². The second kappa shape index (κ2) is 6.58. The van der Waals surface area contributed by atoms with Gasteiger partial charge in [0.15, 0.2) is 0 Å². The van der Waals surface area contributed by atoms with Crippen LogP contribution in [0.25, 0.3) is 0 Å². The molecule has 88 valence electrons. The lowest BCUT2D eigenvalue weighted by Crippen LogP contribution is -2.44. The number of hydrogen-bond acceptors (Lipinski definition) is 3. The molecule has 0 aliphatic heterocycles. The molecule has 0 radical (unpaired) electrons. The first kappa shape index (κ1) is 14.1. The van der Waals surface area contributed by atoms with Crippen molar-refractivity contribution in [2.75, 3.05) is 47.5 Å². The Morgan fingerprint density at radius 2 is 1.80 bits per heavy atom. The van der Waals surface area contributed by atoms with Crippen LogP contribution < -0.4 is 0 Å². The average molecular weight is 216 g/mol. The van der Waals surface area contributed by atoms with Gasteiger partial charge in [-0.1, -0.05) is 6.58 Å². The first-order chi connectivity index (χ1) is 6.89. The summed E-state index contributed by atoms with van der Waals surface area (Å²) >= 11 is 0. The Bertz CT molecular complexity index is 224. The van der Waals surface area contributed by atoms with Gasteiger partial charge in [-0.15, -0.1) is 0 Å². The Hall–Kier alpha value is -0.870. The number of rotatable bonds is 7. The molecule has 0 aliphatic rings. The molecule has 15 heavy (non-hydrogen) atoms. The predicted octanol–water partition coefficient (Wildman–Crippen LogP) is 0.829. The van der Waals surface area contributed by atoms with Crippen molar-refractivity contribution in [1.82, 2.24) is 0 Å². The van der Waals surface area contributed by atoms with Crippen molar-refractivity contribution in [3.63, 3.8) is 0 Å². The molecular weight excluding hydrogens is 194 g/mol. The van der Waals surface area contributed by atoms with Crippen LogP contribution in [0.3, 0.4) is 0 Å². The van der Waals surface area contributed by atoms with Crippen molar-refractivity contribution in [2.24, 2.45) is 0 Å². The van der Waals surface area contributed by atoms with E-state index in [1.807, 2.05) is 0 Å². The van der Waals surface area contributed by atoms with E-state index in [0.29, 0.717) is 18.8 Å². The number of hydrogen-bond donors (Lipinski definition) is 0. The van der Waals surface area contributed by atoms with Gasteiger partial charge in [-0.25, -0.2) is 4.79 Å². The molecule has 0 rings (SSSR count). The highest BCUT2D eigenvalue weighted by molar-refractivity contribution is 5.86. The monoisotopic (exact) mass is 216 g/mol. The zero-order valence-corrected chi connectivity index (χ0v) is 10.2. The predicted molar refractivity (Wildman–Crippen MR) is 59.5 cm³/mol. The summed E-state index contributed by atoms with van der Waals surface area (Å²) in [4.78, 5) is 11.1. The largest absolute Gasteiger partial charge is 0.456 e. The van der Waals surface area contributed by atoms with Crippen LogP contribution in [0.15, 0.2) is 12.2 Å². The molecule has 0 spiro atoms. The van der Waals surface area contributed by atoms with Gasteiger partial charge in [-0.2, -0.15) is 0 Å². The van der Waals surface area contributed by atoms with Gasteiger partial charge in [-0.05, 0) is 6.92 Å². The highest BCUT2D eigenvalue weighted by Crippen LogP contribution is 1.98. The minimum Gasteiger partial charge on any atom is -0.456 e. The number of nitrogens with zero attached hydrogens (tertiary/aromatic N) is 1. The summed E-state index contributed by atoms with van der Waals surface area (Å²) in [7, 11) is 5.84. The van der Waals surface area contributed by atoms with E-state index in [9.17, 15) is 4.79 Å². The Morgan fingerprint density at radius 3 is 2.27 bits per heavy atom. The van der Waals surface area contributed by atoms with E-state index in [4.69, 9.17) is 9.47 Å². The van der Waals surface area contributed by atoms with Gasteiger partial charge in [0.2, 0.25) is 0 Å². The van der Waals surface area contributed by atoms with Gasteiger partial charge < -0.3 is 14.0 Å². The average Bonchev–Trinajstić information content (AvgIpc) is 2.14. The maximum Gasteiger partial charge on any atom is 0.333 e. The van der Waals surface area contributed by atoms with Gasteiger partial charge in [-0.3, -0.25) is 0 Å². The maximum absolute atomic E-state index is 11.1. The number of esters is 1. The van der Waals surface area contributed by atoms with Crippen LogP contribution >= 0.6 is 0 Å². The van der Waals surface area contributed by atoms with E-state index in [2.05, 4.69) is 20.7 Å². The van der Waals surface area contributed by atoms with Crippen molar-refractivity contribution in [1.29, 1.82) is 0 Å². The molecule has 4 nitrogen and oxygen atoms in total. The minimum atomic E-state index is -0.318. The van der Waals surface area contributed by atoms with E-state index in [-0.39, 0.29) is 5.97 Å². The molecule has 0 aromatic rings. The zero-order chi connectivity index (χ0) is 11.9. The summed E-state index contributed by atoms with van der Waals surface area (Å²) in [5, 5.41) is 0. The second-order valence-electron chi connectivity index (χ2n) is 4.29. The van der Waals surface area contributed by atoms with Crippen LogP contribution in [0.5, 0.6) is 0 Å². The Labute approximate surface area is 92.1 Å². The molecule has 0 unspecified atom stereocenters. The fourth-order valence-electron chi connectivity index (χ4n) is 0.959. The van der Waals surface area contributed by atoms with Gasteiger partial charge >= 0.3 is 5.97 Å². The van der Waals surface area contributed by atoms with Gasteiger partial charge in [0.05, 0.1) is 20.7 Å². The quantitative estimate of drug-likeness (QED) is 0.359. The molecule has 0 amide bonds. The van der Waals surface area contributed by atoms with Crippen molar-refractivity contribution in [2.45, 2.75) is 6.92 Å². The molecule has 0 N–H and O–H groups in total. The van der Waals surface area contributed by atoms with Crippen molar-refractivity contribution in [3.8, 4) is 0 Å². The molecule has 0 aromatic heterocycles. The third-order valence-electron chi connectivity index (χ3n) is 2.18. The van der Waals surface area contributed by atoms with Crippen LogP contribution in [-0.2, 0) is 14.3 Å². The topological polar surface area (TPSA) is 35.5 Å². The molecule has 0 aromatic carbocycles. The van der Waals surface area contributed by atoms with E-state index >= 15 is 0 Å². The summed E-state index contributed by atoms with van der Waals surface area (Å²) in [5.74, 6) is -0.318. The number of carbonyl (C=O) groups excluding carboxylic acids is 1. The summed E-state index contributed by atoms with van der Waals surface area (Å²) in [6.45, 7) is 7.98. The number of ether oxygens (including phenoxy) is 2. The smallest absolute Gasteiger partial charge is 0.333 e. The Kier molecular flexibility index (Phi) is 6.20. The van der Waals surface area contributed by atoms with Crippen LogP contribution in [-0.4, -0.2) is 58.0 Å². The zero-order valence-electron chi connectivity index (χ0n) is 10.2. The molecule has 0 saturated heterocycles. The van der Waals surface area contributed by atoms with Crippen molar-refractivity contribution in [3.05, 3.63) is 12.2 Å². The lowest BCUT2D eigenvalue weighted by atomic mass is 10.4. The van der Waals surface area contributed by atoms with Crippen LogP contribution in [0.2, 0.25) is 0 Å². The number of carbonyl (C=O) groups is 1. The molecule has 0 aliphatic carbocycles. The lowest BCUT2D eigenvalue weighted by molar-refractivity contribution is -0.890. The van der Waals surface area contributed by atoms with E-state index in [1.54, 1.807) is 14.0 Å². The maximum atomic E-state index is 11.1. The highest BCUT2D eigenvalue weighted by Gasteiger charge is 2.15. The fourth-order valence-corrected chi connectivity index (χ4v) is 0.959. The first-order valence-corrected chi connectivity index (χ1v) is 5.02. The lowest BCUT2D eigenvalue weighted by Gasteiger charge is -2.29. The normalized spacial score (nSPS) is 11.2. The fraction of sp³-hybridized carbons (Fsp3) is 0.727. The summed E-state index contributed by atoms with van der Waals surface area (Å²) in [5.41, 5.74) is 0.442. The number of quaternary nitrogens is 1. The SMILES string of the molecule is C=C(C)C(=O)OCC[N+](C)(C)CCOC. The molecular formula is C11H22NO3+. The van der Waals surface area contributed by atoms with E-state index in [1.165, 1.54) is 0 Å². The summed E-state index contributed by atoms with van der Waals surface area (Å²) in [6, 6.07) is 0. The number of methoxy groups -OCH3 is 1. The third-order valence-corrected chi connectivity index (χ3v) is 2.18. The Morgan fingerprint density at radius 1 is 1.27 bits per heavy atom. The second-order valence-corrected chi connectivity index (χ2v) is 4.29. The molecule has 0 fully saturated rings. The molecule has 0 bridgehead atoms. The summed E-state index contributed by atoms with van der Waals surface area (Å²) in [6.07, 6.45) is 0. The van der Waals surface area contributed by atoms with Crippen molar-refractivity contribution < 1.29 is 18.8 Å². The van der Waals surface area contributed by atoms with Crippen LogP contribution in [0.4, 0.5) is 0 Å². The van der Waals surface area contributed by atoms with Gasteiger partial charge in [0.1, 0.15) is 19.7 Å². The number of likely N-dealkylation sites (N-methyl/N-ethyl adjacent to an activating group) is 1. The van der Waals surface area contributed by atoms with E-state index in [0.717, 1.165) is 17.6 Å². The standard InChI is InChI=1S/C11H22NO3/c1-10(2)11(13)15-9-7-12(3,4)6-8-14-5/h1,6-9H2,2-5H3/q+1. The first-order valence-electron chi connectivity index (χ1n) is 5.02. The Balaban J connectivity index is 3.74. The molecule has 0 atom stereocenters. The van der Waals surface area contributed by atoms with Crippen LogP contribution in [0.1, 0.15) is 6.92 Å². The minimum absolute atomic E-state index is 0.318. The molecule has 0 saturated carbocycles. The molecule has 0 heterocycles. The third kappa shape index (κ3) is 7.11. The summed E-state index contributed by atoms with van der Waals surface area (Å²) < 4.78 is 10.8. The van der Waals surface area contributed by atoms with Gasteiger partial charge in [0.25, 0.3) is 0 Å². The van der Waals surface area contributed by atoms with Gasteiger partial charge in [0, 0.05) is 12.7 Å². The molecule has 4 heteroatoms.